The zero-order valence-electron chi connectivity index (χ0n) is 10.3. The fourth-order valence-electron chi connectivity index (χ4n) is 2.01. The smallest absolute Gasteiger partial charge is 0.123 e. The summed E-state index contributed by atoms with van der Waals surface area (Å²) in [6, 6.07) is 21.2. The van der Waals surface area contributed by atoms with Crippen LogP contribution in [0.4, 0.5) is 0 Å². The molecule has 0 aliphatic carbocycles. The third-order valence-corrected chi connectivity index (χ3v) is 3.03. The zero-order valence-corrected chi connectivity index (χ0v) is 10.3. The van der Waals surface area contributed by atoms with Gasteiger partial charge >= 0.3 is 0 Å². The van der Waals surface area contributed by atoms with Gasteiger partial charge in [0.1, 0.15) is 6.10 Å². The van der Waals surface area contributed by atoms with Crippen LogP contribution in [0.1, 0.15) is 17.4 Å². The van der Waals surface area contributed by atoms with Crippen molar-refractivity contribution in [3.05, 3.63) is 84.2 Å². The van der Waals surface area contributed by atoms with Gasteiger partial charge in [0.15, 0.2) is 0 Å². The summed E-state index contributed by atoms with van der Waals surface area (Å²) in [5, 5.41) is 14.7. The van der Waals surface area contributed by atoms with Crippen molar-refractivity contribution in [3.8, 4) is 5.69 Å². The van der Waals surface area contributed by atoms with Crippen molar-refractivity contribution in [2.24, 2.45) is 0 Å². The van der Waals surface area contributed by atoms with Gasteiger partial charge in [-0.1, -0.05) is 48.5 Å². The first-order valence-electron chi connectivity index (χ1n) is 6.18. The number of aliphatic hydroxyl groups is 1. The Morgan fingerprint density at radius 3 is 2.16 bits per heavy atom. The maximum atomic E-state index is 10.3. The molecule has 94 valence electrons. The highest BCUT2D eigenvalue weighted by Crippen LogP contribution is 2.20. The van der Waals surface area contributed by atoms with E-state index < -0.39 is 6.10 Å². The first-order chi connectivity index (χ1) is 9.34. The number of benzene rings is 2. The van der Waals surface area contributed by atoms with E-state index in [-0.39, 0.29) is 0 Å². The molecule has 0 saturated heterocycles. The maximum Gasteiger partial charge on any atom is 0.123 e. The first-order valence-corrected chi connectivity index (χ1v) is 6.18. The third kappa shape index (κ3) is 2.41. The van der Waals surface area contributed by atoms with Crippen LogP contribution >= 0.6 is 0 Å². The van der Waals surface area contributed by atoms with Crippen LogP contribution in [0.5, 0.6) is 0 Å². The Labute approximate surface area is 111 Å². The van der Waals surface area contributed by atoms with Gasteiger partial charge in [-0.2, -0.15) is 5.10 Å². The SMILES string of the molecule is OC(c1ccccc1)c1ccn(-c2ccccc2)n1. The highest BCUT2D eigenvalue weighted by molar-refractivity contribution is 5.32. The number of rotatable bonds is 3. The minimum atomic E-state index is -0.689. The summed E-state index contributed by atoms with van der Waals surface area (Å²) in [7, 11) is 0. The van der Waals surface area contributed by atoms with Gasteiger partial charge in [-0.15, -0.1) is 0 Å². The zero-order chi connectivity index (χ0) is 13.1. The second-order valence-electron chi connectivity index (χ2n) is 4.33. The predicted octanol–water partition coefficient (Wildman–Crippen LogP) is 2.95. The number of hydrogen-bond donors (Lipinski definition) is 1. The van der Waals surface area contributed by atoms with Gasteiger partial charge in [0, 0.05) is 6.20 Å². The van der Waals surface area contributed by atoms with E-state index in [0.29, 0.717) is 5.69 Å². The summed E-state index contributed by atoms with van der Waals surface area (Å²) in [5.41, 5.74) is 2.48. The number of hydrogen-bond acceptors (Lipinski definition) is 2. The molecule has 0 amide bonds. The van der Waals surface area contributed by atoms with Crippen LogP contribution in [-0.4, -0.2) is 14.9 Å². The second-order valence-corrected chi connectivity index (χ2v) is 4.33. The molecular formula is C16H14N2O. The molecule has 1 heterocycles. The van der Waals surface area contributed by atoms with Crippen LogP contribution in [-0.2, 0) is 0 Å². The number of aromatic nitrogens is 2. The molecular weight excluding hydrogens is 236 g/mol. The molecule has 0 spiro atoms. The lowest BCUT2D eigenvalue weighted by Crippen LogP contribution is -2.02. The van der Waals surface area contributed by atoms with E-state index in [1.807, 2.05) is 72.9 Å². The normalized spacial score (nSPS) is 12.3. The van der Waals surface area contributed by atoms with E-state index in [1.165, 1.54) is 0 Å². The molecule has 1 atom stereocenters. The average molecular weight is 250 g/mol. The van der Waals surface area contributed by atoms with E-state index in [0.717, 1.165) is 11.3 Å². The van der Waals surface area contributed by atoms with Crippen molar-refractivity contribution in [2.75, 3.05) is 0 Å². The number of aliphatic hydroxyl groups excluding tert-OH is 1. The topological polar surface area (TPSA) is 38.0 Å². The molecule has 3 aromatic rings. The number of para-hydroxylation sites is 1. The summed E-state index contributed by atoms with van der Waals surface area (Å²) < 4.78 is 1.77. The fourth-order valence-corrected chi connectivity index (χ4v) is 2.01. The molecule has 1 N–H and O–H groups in total. The lowest BCUT2D eigenvalue weighted by atomic mass is 10.1. The average Bonchev–Trinajstić information content (AvgIpc) is 2.98. The Kier molecular flexibility index (Phi) is 3.12. The molecule has 0 fully saturated rings. The minimum Gasteiger partial charge on any atom is -0.382 e. The van der Waals surface area contributed by atoms with E-state index in [2.05, 4.69) is 5.10 Å². The van der Waals surface area contributed by atoms with Crippen LogP contribution in [0.25, 0.3) is 5.69 Å². The summed E-state index contributed by atoms with van der Waals surface area (Å²) in [5.74, 6) is 0. The first kappa shape index (κ1) is 11.7. The van der Waals surface area contributed by atoms with Crippen LogP contribution in [0, 0.1) is 0 Å². The van der Waals surface area contributed by atoms with Gasteiger partial charge in [0.25, 0.3) is 0 Å². The Morgan fingerprint density at radius 2 is 1.47 bits per heavy atom. The van der Waals surface area contributed by atoms with Gasteiger partial charge in [0.05, 0.1) is 11.4 Å². The summed E-state index contributed by atoms with van der Waals surface area (Å²) in [4.78, 5) is 0. The number of nitrogens with zero attached hydrogens (tertiary/aromatic N) is 2. The standard InChI is InChI=1S/C16H14N2O/c19-16(13-7-3-1-4-8-13)15-11-12-18(17-15)14-9-5-2-6-10-14/h1-12,16,19H. The summed E-state index contributed by atoms with van der Waals surface area (Å²) in [6.07, 6.45) is 1.17. The molecule has 0 aliphatic heterocycles. The van der Waals surface area contributed by atoms with Crippen LogP contribution in [0.3, 0.4) is 0 Å². The van der Waals surface area contributed by atoms with Crippen molar-refractivity contribution in [3.63, 3.8) is 0 Å². The van der Waals surface area contributed by atoms with Gasteiger partial charge in [-0.05, 0) is 23.8 Å². The molecule has 0 saturated carbocycles. The van der Waals surface area contributed by atoms with Gasteiger partial charge < -0.3 is 5.11 Å². The molecule has 3 heteroatoms. The Balaban J connectivity index is 1.90. The monoisotopic (exact) mass is 250 g/mol. The summed E-state index contributed by atoms with van der Waals surface area (Å²) >= 11 is 0. The van der Waals surface area contributed by atoms with Gasteiger partial charge in [0.2, 0.25) is 0 Å². The fraction of sp³-hybridized carbons (Fsp3) is 0.0625. The van der Waals surface area contributed by atoms with E-state index in [9.17, 15) is 5.11 Å². The molecule has 3 nitrogen and oxygen atoms in total. The van der Waals surface area contributed by atoms with Gasteiger partial charge in [-0.25, -0.2) is 4.68 Å². The van der Waals surface area contributed by atoms with Crippen molar-refractivity contribution < 1.29 is 5.11 Å². The molecule has 0 aliphatic rings. The Hall–Kier alpha value is -2.39. The van der Waals surface area contributed by atoms with Gasteiger partial charge in [-0.3, -0.25) is 0 Å². The molecule has 19 heavy (non-hydrogen) atoms. The summed E-state index contributed by atoms with van der Waals surface area (Å²) in [6.45, 7) is 0. The van der Waals surface area contributed by atoms with Crippen molar-refractivity contribution in [1.82, 2.24) is 9.78 Å². The Bertz CT molecular complexity index is 647. The lowest BCUT2D eigenvalue weighted by molar-refractivity contribution is 0.214. The molecule has 1 unspecified atom stereocenters. The van der Waals surface area contributed by atoms with Crippen molar-refractivity contribution >= 4 is 0 Å². The maximum absolute atomic E-state index is 10.3. The molecule has 0 radical (unpaired) electrons. The highest BCUT2D eigenvalue weighted by atomic mass is 16.3. The molecule has 0 bridgehead atoms. The second kappa shape index (κ2) is 5.08. The van der Waals surface area contributed by atoms with Crippen molar-refractivity contribution in [2.45, 2.75) is 6.10 Å². The van der Waals surface area contributed by atoms with E-state index >= 15 is 0 Å². The highest BCUT2D eigenvalue weighted by Gasteiger charge is 2.13. The minimum absolute atomic E-state index is 0.648. The quantitative estimate of drug-likeness (QED) is 0.776. The van der Waals surface area contributed by atoms with E-state index in [4.69, 9.17) is 0 Å². The Morgan fingerprint density at radius 1 is 0.842 bits per heavy atom. The van der Waals surface area contributed by atoms with E-state index in [1.54, 1.807) is 4.68 Å². The molecule has 3 rings (SSSR count). The van der Waals surface area contributed by atoms with Crippen molar-refractivity contribution in [1.29, 1.82) is 0 Å². The van der Waals surface area contributed by atoms with Crippen LogP contribution in [0.15, 0.2) is 72.9 Å². The van der Waals surface area contributed by atoms with Crippen LogP contribution in [0.2, 0.25) is 0 Å². The molecule has 1 aromatic heterocycles. The molecule has 2 aromatic carbocycles. The third-order valence-electron chi connectivity index (χ3n) is 3.03. The largest absolute Gasteiger partial charge is 0.382 e. The predicted molar refractivity (Wildman–Crippen MR) is 74.1 cm³/mol. The van der Waals surface area contributed by atoms with Crippen LogP contribution < -0.4 is 0 Å². The lowest BCUT2D eigenvalue weighted by Gasteiger charge is -2.07.